The first kappa shape index (κ1) is 19.1. The lowest BCUT2D eigenvalue weighted by Crippen LogP contribution is -2.41. The number of fused-ring (bicyclic) bond motifs is 1. The molecule has 0 fully saturated rings. The van der Waals surface area contributed by atoms with Crippen LogP contribution in [0.1, 0.15) is 10.4 Å². The van der Waals surface area contributed by atoms with Crippen molar-refractivity contribution in [1.82, 2.24) is 0 Å². The third-order valence-electron chi connectivity index (χ3n) is 4.73. The van der Waals surface area contributed by atoms with Gasteiger partial charge in [-0.15, -0.1) is 0 Å². The van der Waals surface area contributed by atoms with Crippen molar-refractivity contribution in [2.45, 2.75) is 6.04 Å². The van der Waals surface area contributed by atoms with Gasteiger partial charge in [0, 0.05) is 17.0 Å². The van der Waals surface area contributed by atoms with E-state index in [1.54, 1.807) is 36.4 Å². The number of anilines is 1. The number of hydrogen-bond donors (Lipinski definition) is 0. The molecule has 0 aromatic heterocycles. The monoisotopic (exact) mass is 417 g/mol. The first-order valence-electron chi connectivity index (χ1n) is 8.78. The lowest BCUT2D eigenvalue weighted by Gasteiger charge is -2.29. The maximum absolute atomic E-state index is 13.5. The van der Waals surface area contributed by atoms with Gasteiger partial charge in [0.1, 0.15) is 11.5 Å². The lowest BCUT2D eigenvalue weighted by atomic mass is 10.1. The van der Waals surface area contributed by atoms with Crippen LogP contribution in [0.2, 0.25) is 0 Å². The Balaban J connectivity index is 1.79. The summed E-state index contributed by atoms with van der Waals surface area (Å²) >= 11 is 0. The van der Waals surface area contributed by atoms with E-state index in [2.05, 4.69) is 0 Å². The molecule has 1 amide bonds. The molecule has 0 radical (unpaired) electrons. The largest absolute Gasteiger partial charge is 0.497 e. The van der Waals surface area contributed by atoms with Crippen molar-refractivity contribution in [3.05, 3.63) is 53.4 Å². The summed E-state index contributed by atoms with van der Waals surface area (Å²) in [6.07, 6.45) is 1.50. The Morgan fingerprint density at radius 3 is 2.55 bits per heavy atom. The maximum atomic E-state index is 13.5. The molecule has 152 valence electrons. The summed E-state index contributed by atoms with van der Waals surface area (Å²) in [5.74, 6) is 1.36. The molecule has 0 spiro atoms. The molecule has 0 aliphatic carbocycles. The zero-order valence-corrected chi connectivity index (χ0v) is 16.6. The van der Waals surface area contributed by atoms with Crippen LogP contribution in [-0.2, 0) is 9.84 Å². The van der Waals surface area contributed by atoms with Gasteiger partial charge in [0.25, 0.3) is 5.91 Å². The minimum Gasteiger partial charge on any atom is -0.497 e. The molecular weight excluding hydrogens is 398 g/mol. The Morgan fingerprint density at radius 2 is 1.86 bits per heavy atom. The normalized spacial score (nSPS) is 18.5. The Bertz CT molecular complexity index is 1090. The Hall–Kier alpha value is -3.20. The fourth-order valence-electron chi connectivity index (χ4n) is 3.31. The number of rotatable bonds is 5. The van der Waals surface area contributed by atoms with Crippen LogP contribution in [-0.4, -0.2) is 47.1 Å². The molecule has 0 unspecified atom stereocenters. The Kier molecular flexibility index (Phi) is 4.83. The second kappa shape index (κ2) is 7.32. The highest BCUT2D eigenvalue weighted by molar-refractivity contribution is 7.94. The predicted molar refractivity (Wildman–Crippen MR) is 106 cm³/mol. The van der Waals surface area contributed by atoms with Crippen LogP contribution in [0.3, 0.4) is 0 Å². The van der Waals surface area contributed by atoms with Crippen LogP contribution in [0.15, 0.2) is 47.9 Å². The molecular formula is C20H19NO7S. The topological polar surface area (TPSA) is 91.4 Å². The van der Waals surface area contributed by atoms with Gasteiger partial charge in [-0.2, -0.15) is 0 Å². The molecule has 2 aliphatic rings. The van der Waals surface area contributed by atoms with Crippen LogP contribution in [0.25, 0.3) is 0 Å². The summed E-state index contributed by atoms with van der Waals surface area (Å²) in [5, 5.41) is 1.13. The molecule has 2 heterocycles. The van der Waals surface area contributed by atoms with Gasteiger partial charge in [-0.1, -0.05) is 0 Å². The summed E-state index contributed by atoms with van der Waals surface area (Å²) < 4.78 is 45.4. The maximum Gasteiger partial charge on any atom is 0.259 e. The number of carbonyl (C=O) groups is 1. The SMILES string of the molecule is COc1ccc(N(C(=O)c2ccc3c(c2)OCO3)[C@@H]2C=CS(=O)(=O)C2)c(OC)c1. The molecule has 4 rings (SSSR count). The average molecular weight is 417 g/mol. The van der Waals surface area contributed by atoms with E-state index < -0.39 is 21.8 Å². The van der Waals surface area contributed by atoms with E-state index in [4.69, 9.17) is 18.9 Å². The molecule has 2 aliphatic heterocycles. The standard InChI is InChI=1S/C20H19NO7S/c1-25-15-4-5-16(18(10-15)26-2)21(14-7-8-29(23,24)11-14)20(22)13-3-6-17-19(9-13)28-12-27-17/h3-10,14H,11-12H2,1-2H3/t14-/m1/s1. The highest BCUT2D eigenvalue weighted by Crippen LogP contribution is 2.37. The number of carbonyl (C=O) groups excluding carboxylic acids is 1. The zero-order chi connectivity index (χ0) is 20.6. The number of benzene rings is 2. The number of amides is 1. The molecule has 2 aromatic rings. The average Bonchev–Trinajstić information content (AvgIpc) is 3.33. The van der Waals surface area contributed by atoms with E-state index in [0.717, 1.165) is 5.41 Å². The smallest absolute Gasteiger partial charge is 0.259 e. The van der Waals surface area contributed by atoms with Crippen molar-refractivity contribution in [2.75, 3.05) is 31.7 Å². The summed E-state index contributed by atoms with van der Waals surface area (Å²) in [7, 11) is -0.392. The van der Waals surface area contributed by atoms with Crippen molar-refractivity contribution in [2.24, 2.45) is 0 Å². The third-order valence-corrected chi connectivity index (χ3v) is 6.11. The van der Waals surface area contributed by atoms with Gasteiger partial charge < -0.3 is 18.9 Å². The molecule has 0 bridgehead atoms. The Labute approximate surface area is 168 Å². The first-order valence-corrected chi connectivity index (χ1v) is 10.5. The summed E-state index contributed by atoms with van der Waals surface area (Å²) in [6.45, 7) is 0.0899. The van der Waals surface area contributed by atoms with Crippen molar-refractivity contribution < 1.29 is 32.2 Å². The molecule has 0 saturated carbocycles. The second-order valence-electron chi connectivity index (χ2n) is 6.51. The van der Waals surface area contributed by atoms with Crippen LogP contribution in [0, 0.1) is 0 Å². The second-order valence-corrected chi connectivity index (χ2v) is 8.44. The van der Waals surface area contributed by atoms with Crippen LogP contribution >= 0.6 is 0 Å². The van der Waals surface area contributed by atoms with Crippen LogP contribution in [0.5, 0.6) is 23.0 Å². The number of hydrogen-bond acceptors (Lipinski definition) is 7. The molecule has 0 N–H and O–H groups in total. The highest BCUT2D eigenvalue weighted by Gasteiger charge is 2.34. The minimum atomic E-state index is -3.39. The quantitative estimate of drug-likeness (QED) is 0.738. The molecule has 0 saturated heterocycles. The van der Waals surface area contributed by atoms with Crippen LogP contribution in [0.4, 0.5) is 5.69 Å². The summed E-state index contributed by atoms with van der Waals surface area (Å²) in [6, 6.07) is 9.17. The van der Waals surface area contributed by atoms with Gasteiger partial charge in [0.2, 0.25) is 6.79 Å². The third kappa shape index (κ3) is 3.61. The van der Waals surface area contributed by atoms with E-state index in [1.165, 1.54) is 25.2 Å². The number of sulfone groups is 1. The molecule has 29 heavy (non-hydrogen) atoms. The molecule has 9 heteroatoms. The van der Waals surface area contributed by atoms with Gasteiger partial charge in [-0.25, -0.2) is 8.42 Å². The number of ether oxygens (including phenoxy) is 4. The van der Waals surface area contributed by atoms with Gasteiger partial charge in [-0.3, -0.25) is 9.69 Å². The Morgan fingerprint density at radius 1 is 1.07 bits per heavy atom. The van der Waals surface area contributed by atoms with E-state index in [-0.39, 0.29) is 12.5 Å². The van der Waals surface area contributed by atoms with E-state index >= 15 is 0 Å². The van der Waals surface area contributed by atoms with E-state index in [1.807, 2.05) is 0 Å². The van der Waals surface area contributed by atoms with Crippen molar-refractivity contribution in [1.29, 1.82) is 0 Å². The highest BCUT2D eigenvalue weighted by atomic mass is 32.2. The summed E-state index contributed by atoms with van der Waals surface area (Å²) in [5.41, 5.74) is 0.771. The van der Waals surface area contributed by atoms with E-state index in [9.17, 15) is 13.2 Å². The van der Waals surface area contributed by atoms with Crippen LogP contribution < -0.4 is 23.8 Å². The summed E-state index contributed by atoms with van der Waals surface area (Å²) in [4.78, 5) is 14.9. The van der Waals surface area contributed by atoms with Crippen molar-refractivity contribution in [3.63, 3.8) is 0 Å². The fourth-order valence-corrected chi connectivity index (χ4v) is 4.58. The number of methoxy groups -OCH3 is 2. The zero-order valence-electron chi connectivity index (χ0n) is 15.8. The van der Waals surface area contributed by atoms with Gasteiger partial charge in [0.15, 0.2) is 21.3 Å². The molecule has 8 nitrogen and oxygen atoms in total. The lowest BCUT2D eigenvalue weighted by molar-refractivity contribution is 0.0982. The van der Waals surface area contributed by atoms with E-state index in [0.29, 0.717) is 34.2 Å². The molecule has 1 atom stereocenters. The minimum absolute atomic E-state index is 0.0899. The van der Waals surface area contributed by atoms with Crippen molar-refractivity contribution >= 4 is 21.4 Å². The first-order chi connectivity index (χ1) is 13.9. The van der Waals surface area contributed by atoms with Gasteiger partial charge in [-0.05, 0) is 36.4 Å². The molecule has 2 aromatic carbocycles. The fraction of sp³-hybridized carbons (Fsp3) is 0.250. The van der Waals surface area contributed by atoms with Crippen molar-refractivity contribution in [3.8, 4) is 23.0 Å². The predicted octanol–water partition coefficient (Wildman–Crippen LogP) is 2.39. The van der Waals surface area contributed by atoms with Gasteiger partial charge in [0.05, 0.1) is 31.7 Å². The van der Waals surface area contributed by atoms with Gasteiger partial charge >= 0.3 is 0 Å². The number of nitrogens with zero attached hydrogens (tertiary/aromatic N) is 1.